The molecular weight excluding hydrogens is 451 g/mol. The quantitative estimate of drug-likeness (QED) is 0.618. The van der Waals surface area contributed by atoms with Gasteiger partial charge in [-0.2, -0.15) is 0 Å². The molecule has 1 saturated heterocycles. The van der Waals surface area contributed by atoms with Crippen molar-refractivity contribution in [2.75, 3.05) is 4.90 Å². The number of hydrogen-bond donors (Lipinski definition) is 2. The number of imide groups is 1. The number of fused-ring (bicyclic) bond motifs is 2. The number of hydrogen-bond acceptors (Lipinski definition) is 3. The van der Waals surface area contributed by atoms with Crippen molar-refractivity contribution < 1.29 is 19.5 Å². The van der Waals surface area contributed by atoms with Crippen LogP contribution in [0.2, 0.25) is 10.0 Å². The van der Waals surface area contributed by atoms with Gasteiger partial charge in [0, 0.05) is 16.5 Å². The molecule has 2 heterocycles. The summed E-state index contributed by atoms with van der Waals surface area (Å²) in [7, 11) is 0. The highest BCUT2D eigenvalue weighted by Crippen LogP contribution is 2.59. The Hall–Kier alpha value is -2.57. The van der Waals surface area contributed by atoms with E-state index in [1.165, 1.54) is 6.07 Å². The van der Waals surface area contributed by atoms with Crippen LogP contribution < -0.4 is 10.2 Å². The number of rotatable bonds is 2. The van der Waals surface area contributed by atoms with Gasteiger partial charge >= 0.3 is 6.09 Å². The van der Waals surface area contributed by atoms with Gasteiger partial charge in [0.2, 0.25) is 11.8 Å². The number of amides is 3. The zero-order chi connectivity index (χ0) is 22.6. The second-order valence-corrected chi connectivity index (χ2v) is 9.74. The normalized spacial score (nSPS) is 27.6. The monoisotopic (exact) mass is 472 g/mol. The lowest BCUT2D eigenvalue weighted by Crippen LogP contribution is -2.61. The molecule has 8 heteroatoms. The molecule has 5 rings (SSSR count). The largest absolute Gasteiger partial charge is 0.464 e. The number of anilines is 1. The Kier molecular flexibility index (Phi) is 5.18. The van der Waals surface area contributed by atoms with E-state index in [0.29, 0.717) is 21.2 Å². The van der Waals surface area contributed by atoms with Gasteiger partial charge in [0.15, 0.2) is 0 Å². The average molecular weight is 473 g/mol. The summed E-state index contributed by atoms with van der Waals surface area (Å²) in [6.45, 7) is 0. The van der Waals surface area contributed by atoms with Crippen LogP contribution in [-0.2, 0) is 15.0 Å². The first kappa shape index (κ1) is 21.3. The number of nitrogens with zero attached hydrogens (tertiary/aromatic N) is 1. The first-order chi connectivity index (χ1) is 15.3. The van der Waals surface area contributed by atoms with Crippen LogP contribution in [0, 0.1) is 11.8 Å². The van der Waals surface area contributed by atoms with Crippen LogP contribution >= 0.6 is 23.2 Å². The summed E-state index contributed by atoms with van der Waals surface area (Å²) in [5.74, 6) is -0.873. The van der Waals surface area contributed by atoms with E-state index in [9.17, 15) is 19.5 Å². The Morgan fingerprint density at radius 1 is 1.06 bits per heavy atom. The average Bonchev–Trinajstić information content (AvgIpc) is 3.35. The van der Waals surface area contributed by atoms with Gasteiger partial charge in [0.05, 0.1) is 11.7 Å². The number of carboxylic acid groups (broad SMARTS) is 1. The van der Waals surface area contributed by atoms with E-state index < -0.39 is 23.5 Å². The lowest BCUT2D eigenvalue weighted by molar-refractivity contribution is -0.136. The van der Waals surface area contributed by atoms with Crippen LogP contribution in [0.3, 0.4) is 0 Å². The van der Waals surface area contributed by atoms with E-state index in [4.69, 9.17) is 23.2 Å². The Bertz CT molecular complexity index is 1130. The number of piperidine rings is 1. The third-order valence-corrected chi connectivity index (χ3v) is 7.77. The molecule has 2 aromatic carbocycles. The van der Waals surface area contributed by atoms with Gasteiger partial charge in [0.1, 0.15) is 5.41 Å². The molecule has 166 valence electrons. The highest BCUT2D eigenvalue weighted by molar-refractivity contribution is 6.32. The fourth-order valence-electron chi connectivity index (χ4n) is 6.12. The van der Waals surface area contributed by atoms with E-state index >= 15 is 0 Å². The van der Waals surface area contributed by atoms with Crippen LogP contribution in [0.5, 0.6) is 0 Å². The van der Waals surface area contributed by atoms with Crippen molar-refractivity contribution in [1.29, 1.82) is 0 Å². The summed E-state index contributed by atoms with van der Waals surface area (Å²) in [4.78, 5) is 40.1. The van der Waals surface area contributed by atoms with Crippen molar-refractivity contribution in [3.8, 4) is 0 Å². The molecule has 1 saturated carbocycles. The molecule has 0 radical (unpaired) electrons. The van der Waals surface area contributed by atoms with Crippen molar-refractivity contribution >= 4 is 46.8 Å². The van der Waals surface area contributed by atoms with Crippen molar-refractivity contribution in [3.05, 3.63) is 63.6 Å². The lowest BCUT2D eigenvalue weighted by Gasteiger charge is -2.48. The minimum absolute atomic E-state index is 0.143. The van der Waals surface area contributed by atoms with Crippen LogP contribution in [-0.4, -0.2) is 23.0 Å². The van der Waals surface area contributed by atoms with Gasteiger partial charge in [-0.1, -0.05) is 67.1 Å². The predicted molar refractivity (Wildman–Crippen MR) is 121 cm³/mol. The molecule has 2 aliphatic heterocycles. The Morgan fingerprint density at radius 3 is 2.47 bits per heavy atom. The van der Waals surface area contributed by atoms with Crippen LogP contribution in [0.4, 0.5) is 10.5 Å². The zero-order valence-corrected chi connectivity index (χ0v) is 18.7. The number of halogens is 2. The molecule has 3 amide bonds. The Morgan fingerprint density at radius 2 is 1.78 bits per heavy atom. The number of carbonyl (C=O) groups excluding carboxylic acids is 2. The highest BCUT2D eigenvalue weighted by atomic mass is 35.5. The summed E-state index contributed by atoms with van der Waals surface area (Å²) in [6, 6.07) is 11.3. The van der Waals surface area contributed by atoms with E-state index in [1.807, 2.05) is 6.07 Å². The van der Waals surface area contributed by atoms with Gasteiger partial charge < -0.3 is 10.4 Å². The third kappa shape index (κ3) is 3.04. The maximum absolute atomic E-state index is 14.2. The van der Waals surface area contributed by atoms with Gasteiger partial charge in [-0.3, -0.25) is 9.59 Å². The third-order valence-electron chi connectivity index (χ3n) is 7.30. The summed E-state index contributed by atoms with van der Waals surface area (Å²) >= 11 is 12.5. The number of nitrogens with one attached hydrogen (secondary N) is 1. The van der Waals surface area contributed by atoms with Gasteiger partial charge in [-0.25, -0.2) is 9.69 Å². The van der Waals surface area contributed by atoms with Crippen LogP contribution in [0.1, 0.15) is 49.3 Å². The lowest BCUT2D eigenvalue weighted by atomic mass is 9.57. The van der Waals surface area contributed by atoms with E-state index in [1.54, 1.807) is 30.3 Å². The Balaban J connectivity index is 1.81. The van der Waals surface area contributed by atoms with Crippen LogP contribution in [0.15, 0.2) is 42.5 Å². The molecule has 1 spiro atoms. The second kappa shape index (κ2) is 7.78. The van der Waals surface area contributed by atoms with E-state index in [2.05, 4.69) is 5.32 Å². The molecule has 0 bridgehead atoms. The van der Waals surface area contributed by atoms with Crippen molar-refractivity contribution in [2.45, 2.75) is 43.6 Å². The van der Waals surface area contributed by atoms with Crippen molar-refractivity contribution in [2.24, 2.45) is 11.8 Å². The number of benzene rings is 2. The minimum Gasteiger partial charge on any atom is -0.464 e. The molecule has 32 heavy (non-hydrogen) atoms. The molecule has 3 unspecified atom stereocenters. The smallest absolute Gasteiger partial charge is 0.418 e. The maximum atomic E-state index is 14.2. The molecule has 0 aromatic heterocycles. The SMILES string of the molecule is O=C1CC(C2CCCC2)C2(C(=O)N(C(=O)O)c3cc(Cl)ccc32)C(c2cccc(Cl)c2)N1. The topological polar surface area (TPSA) is 86.7 Å². The second-order valence-electron chi connectivity index (χ2n) is 8.86. The standard InChI is InChI=1S/C24H22Cl2N2O4/c25-15-7-3-6-14(10-15)21-24(18(12-20(29)27-21)13-4-1-2-5-13)17-9-8-16(26)11-19(17)28(22(24)30)23(31)32/h3,6-11,13,18,21H,1-2,4-5,12H2,(H,27,29)(H,31,32). The van der Waals surface area contributed by atoms with E-state index in [-0.39, 0.29) is 29.9 Å². The fraction of sp³-hybridized carbons (Fsp3) is 0.375. The summed E-state index contributed by atoms with van der Waals surface area (Å²) < 4.78 is 0. The summed E-state index contributed by atoms with van der Waals surface area (Å²) in [6.07, 6.45) is 2.69. The maximum Gasteiger partial charge on any atom is 0.418 e. The van der Waals surface area contributed by atoms with Gasteiger partial charge in [-0.15, -0.1) is 0 Å². The fourth-order valence-corrected chi connectivity index (χ4v) is 6.48. The first-order valence-corrected chi connectivity index (χ1v) is 11.5. The summed E-state index contributed by atoms with van der Waals surface area (Å²) in [5.41, 5.74) is 0.277. The predicted octanol–water partition coefficient (Wildman–Crippen LogP) is 5.32. The molecule has 2 aromatic rings. The molecular formula is C24H22Cl2N2O4. The molecule has 3 aliphatic rings. The van der Waals surface area contributed by atoms with Crippen LogP contribution in [0.25, 0.3) is 0 Å². The minimum atomic E-state index is -1.36. The highest BCUT2D eigenvalue weighted by Gasteiger charge is 2.65. The molecule has 3 atom stereocenters. The number of carbonyl (C=O) groups is 3. The molecule has 2 fully saturated rings. The van der Waals surface area contributed by atoms with E-state index in [0.717, 1.165) is 30.6 Å². The first-order valence-electron chi connectivity index (χ1n) is 10.8. The van der Waals surface area contributed by atoms with Crippen molar-refractivity contribution in [1.82, 2.24) is 5.32 Å². The van der Waals surface area contributed by atoms with Crippen molar-refractivity contribution in [3.63, 3.8) is 0 Å². The molecule has 6 nitrogen and oxygen atoms in total. The zero-order valence-electron chi connectivity index (χ0n) is 17.2. The van der Waals surface area contributed by atoms with Gasteiger partial charge in [-0.05, 0) is 47.2 Å². The Labute approximate surface area is 195 Å². The molecule has 2 N–H and O–H groups in total. The van der Waals surface area contributed by atoms with Gasteiger partial charge in [0.25, 0.3) is 0 Å². The molecule has 1 aliphatic carbocycles. The summed E-state index contributed by atoms with van der Waals surface area (Å²) in [5, 5.41) is 13.8.